The highest BCUT2D eigenvalue weighted by Gasteiger charge is 2.52. The van der Waals surface area contributed by atoms with Gasteiger partial charge in [-0.15, -0.1) is 11.3 Å². The molecule has 1 fully saturated rings. The van der Waals surface area contributed by atoms with Crippen molar-refractivity contribution in [2.24, 2.45) is 0 Å². The number of likely N-dealkylation sites (tertiary alicyclic amines) is 1. The SMILES string of the molecule is CCOCN1CCC(C(=O)NO)(S(=O)(=O)c2ccc(OCCCSc3nc4ccccc4s3)cc2)CC1. The molecule has 2 N–H and O–H groups in total. The van der Waals surface area contributed by atoms with Gasteiger partial charge in [0.15, 0.2) is 18.9 Å². The molecule has 1 amide bonds. The van der Waals surface area contributed by atoms with Crippen LogP contribution in [0.2, 0.25) is 0 Å². The Bertz CT molecular complexity index is 1260. The number of carbonyl (C=O) groups is 1. The summed E-state index contributed by atoms with van der Waals surface area (Å²) in [5.41, 5.74) is 2.59. The Kier molecular flexibility index (Phi) is 9.43. The van der Waals surface area contributed by atoms with Crippen LogP contribution in [0, 0.1) is 0 Å². The zero-order valence-electron chi connectivity index (χ0n) is 20.6. The van der Waals surface area contributed by atoms with E-state index in [2.05, 4.69) is 11.1 Å². The average Bonchev–Trinajstić information content (AvgIpc) is 3.34. The van der Waals surface area contributed by atoms with Crippen molar-refractivity contribution < 1.29 is 27.9 Å². The Morgan fingerprint density at radius 3 is 2.59 bits per heavy atom. The van der Waals surface area contributed by atoms with Crippen molar-refractivity contribution in [3.8, 4) is 5.75 Å². The van der Waals surface area contributed by atoms with E-state index in [4.69, 9.17) is 9.47 Å². The highest BCUT2D eigenvalue weighted by molar-refractivity contribution is 8.01. The van der Waals surface area contributed by atoms with Crippen molar-refractivity contribution >= 4 is 49.1 Å². The van der Waals surface area contributed by atoms with Crippen LogP contribution in [-0.2, 0) is 19.4 Å². The van der Waals surface area contributed by atoms with Gasteiger partial charge >= 0.3 is 0 Å². The Morgan fingerprint density at radius 2 is 1.92 bits per heavy atom. The number of nitrogens with zero attached hydrogens (tertiary/aromatic N) is 2. The minimum atomic E-state index is -4.07. The number of hydrogen-bond acceptors (Lipinski definition) is 10. The lowest BCUT2D eigenvalue weighted by molar-refractivity contribution is -0.133. The predicted molar refractivity (Wildman–Crippen MR) is 144 cm³/mol. The molecule has 1 saturated heterocycles. The van der Waals surface area contributed by atoms with Crippen LogP contribution in [0.1, 0.15) is 26.2 Å². The lowest BCUT2D eigenvalue weighted by atomic mass is 9.95. The summed E-state index contributed by atoms with van der Waals surface area (Å²) in [6, 6.07) is 14.2. The minimum absolute atomic E-state index is 0.0214. The molecule has 1 aromatic heterocycles. The summed E-state index contributed by atoms with van der Waals surface area (Å²) in [6.45, 7) is 4.02. The van der Waals surface area contributed by atoms with E-state index in [9.17, 15) is 18.4 Å². The number of sulfone groups is 1. The lowest BCUT2D eigenvalue weighted by Crippen LogP contribution is -2.57. The monoisotopic (exact) mass is 565 g/mol. The third-order valence-corrected chi connectivity index (χ3v) is 11.1. The number of rotatable bonds is 12. The molecule has 9 nitrogen and oxygen atoms in total. The number of fused-ring (bicyclic) bond motifs is 1. The summed E-state index contributed by atoms with van der Waals surface area (Å²) in [5.74, 6) is 0.497. The second-order valence-electron chi connectivity index (χ2n) is 8.65. The van der Waals surface area contributed by atoms with Crippen LogP contribution in [0.5, 0.6) is 5.75 Å². The second kappa shape index (κ2) is 12.5. The van der Waals surface area contributed by atoms with E-state index in [0.29, 0.717) is 38.8 Å². The largest absolute Gasteiger partial charge is 0.494 e. The zero-order chi connectivity index (χ0) is 26.3. The summed E-state index contributed by atoms with van der Waals surface area (Å²) >= 11 is 3.37. The maximum atomic E-state index is 13.6. The number of nitrogens with one attached hydrogen (secondary N) is 1. The fourth-order valence-electron chi connectivity index (χ4n) is 4.25. The molecule has 0 spiro atoms. The van der Waals surface area contributed by atoms with Crippen LogP contribution >= 0.6 is 23.1 Å². The number of aromatic nitrogens is 1. The maximum absolute atomic E-state index is 13.6. The van der Waals surface area contributed by atoms with E-state index in [0.717, 1.165) is 22.0 Å². The Labute approximate surface area is 225 Å². The molecule has 0 saturated carbocycles. The molecule has 0 unspecified atom stereocenters. The molecule has 200 valence electrons. The molecule has 0 radical (unpaired) electrons. The van der Waals surface area contributed by atoms with E-state index in [1.165, 1.54) is 16.8 Å². The van der Waals surface area contributed by atoms with E-state index in [1.54, 1.807) is 40.7 Å². The summed E-state index contributed by atoms with van der Waals surface area (Å²) < 4.78 is 38.8. The van der Waals surface area contributed by atoms with Crippen LogP contribution in [0.4, 0.5) is 0 Å². The molecular weight excluding hydrogens is 534 g/mol. The fourth-order valence-corrected chi connectivity index (χ4v) is 8.25. The first-order valence-electron chi connectivity index (χ1n) is 12.1. The number of thioether (sulfide) groups is 1. The highest BCUT2D eigenvalue weighted by Crippen LogP contribution is 2.36. The van der Waals surface area contributed by atoms with Gasteiger partial charge in [0.2, 0.25) is 0 Å². The zero-order valence-corrected chi connectivity index (χ0v) is 23.0. The van der Waals surface area contributed by atoms with Crippen molar-refractivity contribution in [2.75, 3.05) is 38.8 Å². The number of para-hydroxylation sites is 1. The predicted octanol–water partition coefficient (Wildman–Crippen LogP) is 3.97. The van der Waals surface area contributed by atoms with Gasteiger partial charge in [-0.2, -0.15) is 0 Å². The molecule has 1 aliphatic heterocycles. The van der Waals surface area contributed by atoms with Crippen LogP contribution < -0.4 is 10.2 Å². The molecule has 0 atom stereocenters. The molecule has 3 aromatic rings. The van der Waals surface area contributed by atoms with Crippen molar-refractivity contribution in [1.29, 1.82) is 0 Å². The molecule has 12 heteroatoms. The van der Waals surface area contributed by atoms with E-state index < -0.39 is 20.5 Å². The van der Waals surface area contributed by atoms with Gasteiger partial charge in [-0.05, 0) is 62.6 Å². The van der Waals surface area contributed by atoms with Gasteiger partial charge in [0, 0.05) is 25.4 Å². The molecule has 37 heavy (non-hydrogen) atoms. The second-order valence-corrected chi connectivity index (χ2v) is 13.3. The van der Waals surface area contributed by atoms with Crippen LogP contribution in [0.25, 0.3) is 10.2 Å². The Hall–Kier alpha value is -2.22. The number of thiazole rings is 1. The first-order chi connectivity index (χ1) is 17.9. The van der Waals surface area contributed by atoms with Gasteiger partial charge in [0.05, 0.1) is 28.4 Å². The van der Waals surface area contributed by atoms with E-state index in [-0.39, 0.29) is 17.7 Å². The Morgan fingerprint density at radius 1 is 1.19 bits per heavy atom. The number of ether oxygens (including phenoxy) is 2. The smallest absolute Gasteiger partial charge is 0.265 e. The molecule has 0 bridgehead atoms. The molecular formula is C25H31N3O6S3. The number of hydroxylamine groups is 1. The Balaban J connectivity index is 1.32. The van der Waals surface area contributed by atoms with Gasteiger partial charge in [-0.25, -0.2) is 18.9 Å². The van der Waals surface area contributed by atoms with Crippen LogP contribution in [0.3, 0.4) is 0 Å². The van der Waals surface area contributed by atoms with Crippen molar-refractivity contribution in [1.82, 2.24) is 15.4 Å². The van der Waals surface area contributed by atoms with Crippen LogP contribution in [0.15, 0.2) is 57.8 Å². The third kappa shape index (κ3) is 6.27. The number of amides is 1. The number of benzene rings is 2. The summed E-state index contributed by atoms with van der Waals surface area (Å²) in [6.07, 6.45) is 0.914. The fraction of sp³-hybridized carbons (Fsp3) is 0.440. The normalized spacial score (nSPS) is 16.1. The van der Waals surface area contributed by atoms with Gasteiger partial charge < -0.3 is 9.47 Å². The first-order valence-corrected chi connectivity index (χ1v) is 15.4. The van der Waals surface area contributed by atoms with Gasteiger partial charge in [-0.3, -0.25) is 14.9 Å². The quantitative estimate of drug-likeness (QED) is 0.146. The van der Waals surface area contributed by atoms with E-state index >= 15 is 0 Å². The van der Waals surface area contributed by atoms with E-state index in [1.807, 2.05) is 30.0 Å². The average molecular weight is 566 g/mol. The minimum Gasteiger partial charge on any atom is -0.494 e. The maximum Gasteiger partial charge on any atom is 0.265 e. The summed E-state index contributed by atoms with van der Waals surface area (Å²) in [5, 5.41) is 9.34. The summed E-state index contributed by atoms with van der Waals surface area (Å²) in [7, 11) is -4.07. The highest BCUT2D eigenvalue weighted by atomic mass is 32.2. The molecule has 4 rings (SSSR count). The number of hydrogen-bond donors (Lipinski definition) is 2. The molecule has 2 heterocycles. The van der Waals surface area contributed by atoms with Crippen LogP contribution in [-0.4, -0.2) is 73.0 Å². The molecule has 1 aliphatic rings. The van der Waals surface area contributed by atoms with Crippen molar-refractivity contribution in [3.63, 3.8) is 0 Å². The summed E-state index contributed by atoms with van der Waals surface area (Å²) in [4.78, 5) is 19.2. The molecule has 0 aliphatic carbocycles. The number of piperidine rings is 1. The third-order valence-electron chi connectivity index (χ3n) is 6.36. The van der Waals surface area contributed by atoms with Crippen molar-refractivity contribution in [2.45, 2.75) is 40.2 Å². The van der Waals surface area contributed by atoms with Gasteiger partial charge in [-0.1, -0.05) is 23.9 Å². The first kappa shape index (κ1) is 27.8. The molecule has 2 aromatic carbocycles. The standard InChI is InChI=1S/C25H31N3O6S3/c1-2-33-18-28-14-12-25(13-15-28,23(29)27-30)37(31,32)20-10-8-19(9-11-20)34-16-5-17-35-24-26-21-6-3-4-7-22(21)36-24/h3-4,6-11,30H,2,5,12-18H2,1H3,(H,27,29). The number of carbonyl (C=O) groups excluding carboxylic acids is 1. The van der Waals surface area contributed by atoms with Gasteiger partial charge in [0.1, 0.15) is 5.75 Å². The van der Waals surface area contributed by atoms with Gasteiger partial charge in [0.25, 0.3) is 5.91 Å². The lowest BCUT2D eigenvalue weighted by Gasteiger charge is -2.39. The topological polar surface area (TPSA) is 118 Å². The van der Waals surface area contributed by atoms with Crippen molar-refractivity contribution in [3.05, 3.63) is 48.5 Å².